The summed E-state index contributed by atoms with van der Waals surface area (Å²) in [5, 5.41) is 0. The quantitative estimate of drug-likeness (QED) is 0.0314. The van der Waals surface area contributed by atoms with Gasteiger partial charge in [-0.3, -0.25) is 0 Å². The summed E-state index contributed by atoms with van der Waals surface area (Å²) in [5.41, 5.74) is -7.43. The zero-order valence-electron chi connectivity index (χ0n) is 66.5. The van der Waals surface area contributed by atoms with Crippen molar-refractivity contribution in [2.24, 2.45) is 5.41 Å². The summed E-state index contributed by atoms with van der Waals surface area (Å²) in [5.74, 6) is -23.8. The predicted octanol–water partition coefficient (Wildman–Crippen LogP) is 15.7. The average Bonchev–Trinajstić information content (AvgIpc) is 0.624. The lowest BCUT2D eigenvalue weighted by molar-refractivity contribution is -0.629. The molecule has 22 heteroatoms. The molecule has 2 aliphatic carbocycles. The molecule has 0 aromatic rings. The molecule has 6 atom stereocenters. The van der Waals surface area contributed by atoms with Crippen LogP contribution in [0.4, 0.5) is 0 Å². The monoisotopic (exact) mass is 1420 g/mol. The molecule has 6 unspecified atom stereocenters. The van der Waals surface area contributed by atoms with Crippen molar-refractivity contribution in [3.63, 3.8) is 0 Å². The molecule has 0 spiro atoms. The second-order valence-electron chi connectivity index (χ2n) is 26.5. The molecule has 0 N–H and O–H groups in total. The SMILES string of the molecule is C=C(C)C(=O)OC1(OCCC)C(OCCC)(OCCC)C(OCCC)C(OCCC)(C(C)(C)C2(OCCC)C(OCCC)C(OCCC)(OCCC)C(OCCC)(OC(=O)C(=C)C)C(OCCC)(OCCC)C2(OCCC)OCCC)C(OCCC)(OCCC)C1(OCCC)OCCC. The second kappa shape index (κ2) is 45.3. The van der Waals surface area contributed by atoms with E-state index in [9.17, 15) is 0 Å². The molecule has 99 heavy (non-hydrogen) atoms. The van der Waals surface area contributed by atoms with Gasteiger partial charge in [-0.05, 0) is 129 Å². The summed E-state index contributed by atoms with van der Waals surface area (Å²) >= 11 is 0. The first-order valence-electron chi connectivity index (χ1n) is 38.7. The van der Waals surface area contributed by atoms with Gasteiger partial charge in [0.1, 0.15) is 0 Å². The molecule has 0 radical (unpaired) electrons. The van der Waals surface area contributed by atoms with Gasteiger partial charge in [0.05, 0.1) is 92.5 Å². The van der Waals surface area contributed by atoms with Crippen molar-refractivity contribution in [3.8, 4) is 0 Å². The second-order valence-corrected chi connectivity index (χ2v) is 26.5. The van der Waals surface area contributed by atoms with Gasteiger partial charge in [0.25, 0.3) is 23.1 Å². The maximum Gasteiger partial charge on any atom is 0.336 e. The van der Waals surface area contributed by atoms with E-state index < -0.39 is 87.1 Å². The lowest BCUT2D eigenvalue weighted by atomic mass is 9.45. The van der Waals surface area contributed by atoms with Gasteiger partial charge in [0.15, 0.2) is 23.4 Å². The van der Waals surface area contributed by atoms with Crippen LogP contribution in [0.2, 0.25) is 0 Å². The lowest BCUT2D eigenvalue weighted by Gasteiger charge is -2.78. The maximum absolute atomic E-state index is 15.8. The standard InChI is InChI=1S/C77H144O22/c1-25-43-80-65-68(82-45-27-3,72(88-51-33-9,89-52-34-10)76(94-57-39-15,95-58-40-16)74(92-55-37-13,98-63(78)61(19)20)70(65,84-47-29-5)85-48-30-6)67(23,24)69(83-46-28-4)66(81-44-26-2)71(86-49-31-7,87-50-32-8)75(93-56-38-14,99-64(79)62(21)22)77(96-59-41-17,97-60-42-18)73(69,90-53-35-11)91-54-36-12/h65-66H,19,21,25-60H2,1-18,20,22-24H3. The van der Waals surface area contributed by atoms with Crippen LogP contribution in [0.5, 0.6) is 0 Å². The molecule has 0 bridgehead atoms. The van der Waals surface area contributed by atoms with Crippen molar-refractivity contribution in [2.75, 3.05) is 119 Å². The number of hydrogen-bond acceptors (Lipinski definition) is 22. The Balaban J connectivity index is 4.87. The summed E-state index contributed by atoms with van der Waals surface area (Å²) in [6.45, 7) is 49.1. The van der Waals surface area contributed by atoms with Gasteiger partial charge < -0.3 is 94.7 Å². The van der Waals surface area contributed by atoms with Crippen LogP contribution in [0.25, 0.3) is 0 Å². The van der Waals surface area contributed by atoms with Crippen LogP contribution in [-0.2, 0) is 104 Å². The Kier molecular flexibility index (Phi) is 42.4. The average molecular weight is 1420 g/mol. The van der Waals surface area contributed by atoms with E-state index in [0.29, 0.717) is 116 Å². The summed E-state index contributed by atoms with van der Waals surface area (Å²) in [6, 6.07) is 0. The van der Waals surface area contributed by atoms with E-state index in [1.807, 2.05) is 138 Å². The van der Waals surface area contributed by atoms with Crippen LogP contribution >= 0.6 is 0 Å². The van der Waals surface area contributed by atoms with E-state index in [0.717, 1.165) is 0 Å². The molecule has 2 aliphatic rings. The van der Waals surface area contributed by atoms with Gasteiger partial charge in [-0.25, -0.2) is 9.59 Å². The lowest BCUT2D eigenvalue weighted by Crippen LogP contribution is -3.02. The number of hydrogen-bond donors (Lipinski definition) is 0. The fourth-order valence-electron chi connectivity index (χ4n) is 13.7. The van der Waals surface area contributed by atoms with Gasteiger partial charge in [0, 0.05) is 43.0 Å². The summed E-state index contributed by atoms with van der Waals surface area (Å²) in [4.78, 5) is 31.5. The van der Waals surface area contributed by atoms with Crippen LogP contribution in [0.1, 0.15) is 268 Å². The Morgan fingerprint density at radius 3 is 0.626 bits per heavy atom. The number of carbonyl (C=O) groups is 2. The van der Waals surface area contributed by atoms with Crippen molar-refractivity contribution in [3.05, 3.63) is 24.3 Å². The van der Waals surface area contributed by atoms with E-state index in [1.54, 1.807) is 13.8 Å². The minimum Gasteiger partial charge on any atom is -0.418 e. The highest BCUT2D eigenvalue weighted by Gasteiger charge is 3.02. The molecule has 0 amide bonds. The van der Waals surface area contributed by atoms with E-state index in [4.69, 9.17) is 94.7 Å². The van der Waals surface area contributed by atoms with Gasteiger partial charge in [-0.15, -0.1) is 0 Å². The van der Waals surface area contributed by atoms with Gasteiger partial charge >= 0.3 is 35.1 Å². The highest BCUT2D eigenvalue weighted by Crippen LogP contribution is 2.75. The normalized spacial score (nSPS) is 24.4. The number of esters is 2. The van der Waals surface area contributed by atoms with Crippen molar-refractivity contribution < 1.29 is 104 Å². The Morgan fingerprint density at radius 2 is 0.434 bits per heavy atom. The van der Waals surface area contributed by atoms with Gasteiger partial charge in [-0.1, -0.05) is 152 Å². The minimum absolute atomic E-state index is 0.00249. The van der Waals surface area contributed by atoms with Gasteiger partial charge in [-0.2, -0.15) is 0 Å². The van der Waals surface area contributed by atoms with Crippen LogP contribution in [-0.4, -0.2) is 201 Å². The van der Waals surface area contributed by atoms with Gasteiger partial charge in [0.2, 0.25) is 0 Å². The minimum atomic E-state index is -2.82. The Labute approximate surface area is 600 Å². The molecule has 2 fully saturated rings. The Bertz CT molecular complexity index is 2050. The number of ether oxygens (including phenoxy) is 20. The third-order valence-corrected chi connectivity index (χ3v) is 17.3. The topological polar surface area (TPSA) is 219 Å². The highest BCUT2D eigenvalue weighted by atomic mass is 16.9. The molecule has 2 rings (SSSR count). The molecule has 584 valence electrons. The molecule has 0 heterocycles. The fraction of sp³-hybridized carbons (Fsp3) is 0.922. The van der Waals surface area contributed by atoms with Crippen LogP contribution in [0, 0.1) is 5.41 Å². The summed E-state index contributed by atoms with van der Waals surface area (Å²) < 4.78 is 159. The van der Waals surface area contributed by atoms with E-state index in [2.05, 4.69) is 13.2 Å². The zero-order chi connectivity index (χ0) is 74.6. The smallest absolute Gasteiger partial charge is 0.336 e. The van der Waals surface area contributed by atoms with E-state index in [-0.39, 0.29) is 130 Å². The third kappa shape index (κ3) is 17.7. The van der Waals surface area contributed by atoms with Crippen molar-refractivity contribution >= 4 is 11.9 Å². The molecule has 22 nitrogen and oxygen atoms in total. The highest BCUT2D eigenvalue weighted by molar-refractivity contribution is 5.88. The fourth-order valence-corrected chi connectivity index (χ4v) is 13.7. The van der Waals surface area contributed by atoms with E-state index >= 15 is 9.59 Å². The van der Waals surface area contributed by atoms with Crippen molar-refractivity contribution in [1.29, 1.82) is 0 Å². The first-order chi connectivity index (χ1) is 47.5. The molecule has 2 saturated carbocycles. The van der Waals surface area contributed by atoms with Crippen molar-refractivity contribution in [2.45, 2.75) is 338 Å². The predicted molar refractivity (Wildman–Crippen MR) is 383 cm³/mol. The summed E-state index contributed by atoms with van der Waals surface area (Å²) in [6.07, 6.45) is 2.78. The Hall–Kier alpha value is -2.30. The largest absolute Gasteiger partial charge is 0.418 e. The molecule has 0 aromatic heterocycles. The van der Waals surface area contributed by atoms with E-state index in [1.165, 1.54) is 0 Å². The summed E-state index contributed by atoms with van der Waals surface area (Å²) in [7, 11) is 0. The van der Waals surface area contributed by atoms with Crippen LogP contribution < -0.4 is 0 Å². The molecular formula is C77H144O22. The maximum atomic E-state index is 15.8. The molecule has 0 aromatic carbocycles. The molecule has 0 saturated heterocycles. The number of rotatable bonds is 60. The first kappa shape index (κ1) is 92.8. The third-order valence-electron chi connectivity index (χ3n) is 17.3. The number of carbonyl (C=O) groups excluding carboxylic acids is 2. The molecule has 0 aliphatic heterocycles. The van der Waals surface area contributed by atoms with Crippen molar-refractivity contribution in [1.82, 2.24) is 0 Å². The van der Waals surface area contributed by atoms with Crippen LogP contribution in [0.3, 0.4) is 0 Å². The first-order valence-corrected chi connectivity index (χ1v) is 38.7. The zero-order valence-corrected chi connectivity index (χ0v) is 66.5. The molecular weight excluding hydrogens is 1280 g/mol. The van der Waals surface area contributed by atoms with Crippen LogP contribution in [0.15, 0.2) is 24.3 Å². The Morgan fingerprint density at radius 1 is 0.263 bits per heavy atom.